The maximum atomic E-state index is 9.53. The quantitative estimate of drug-likeness (QED) is 0.793. The van der Waals surface area contributed by atoms with Crippen LogP contribution in [0.25, 0.3) is 11.0 Å². The van der Waals surface area contributed by atoms with Crippen LogP contribution >= 0.6 is 12.2 Å². The highest BCUT2D eigenvalue weighted by Gasteiger charge is 2.07. The molecular weight excluding hydrogens is 220 g/mol. The largest absolute Gasteiger partial charge is 0.508 e. The fourth-order valence-electron chi connectivity index (χ4n) is 2.05. The van der Waals surface area contributed by atoms with E-state index in [1.54, 1.807) is 12.1 Å². The molecule has 0 bridgehead atoms. The van der Waals surface area contributed by atoms with Gasteiger partial charge in [-0.05, 0) is 48.8 Å². The van der Waals surface area contributed by atoms with Crippen LogP contribution < -0.4 is 0 Å². The van der Waals surface area contributed by atoms with Gasteiger partial charge >= 0.3 is 0 Å². The summed E-state index contributed by atoms with van der Waals surface area (Å²) in [5, 5.41) is 10.6. The molecular formula is C13H14O2S. The molecule has 2 nitrogen and oxygen atoms in total. The van der Waals surface area contributed by atoms with Crippen LogP contribution in [0.15, 0.2) is 22.6 Å². The fourth-order valence-corrected chi connectivity index (χ4v) is 2.28. The van der Waals surface area contributed by atoms with Gasteiger partial charge < -0.3 is 9.52 Å². The number of aryl methyl sites for hydroxylation is 2. The Balaban J connectivity index is 2.84. The molecule has 0 aliphatic carbocycles. The van der Waals surface area contributed by atoms with Crippen molar-refractivity contribution in [2.75, 3.05) is 0 Å². The van der Waals surface area contributed by atoms with E-state index in [0.29, 0.717) is 10.3 Å². The minimum absolute atomic E-state index is 0.219. The zero-order valence-corrected chi connectivity index (χ0v) is 10.2. The van der Waals surface area contributed by atoms with Crippen molar-refractivity contribution in [3.8, 4) is 5.75 Å². The second kappa shape index (κ2) is 4.26. The molecule has 1 heterocycles. The number of benzene rings is 1. The molecule has 2 aromatic rings. The number of phenolic OH excluding ortho intramolecular Hbond substituents is 1. The molecule has 84 valence electrons. The Morgan fingerprint density at radius 2 is 2.06 bits per heavy atom. The molecule has 2 rings (SSSR count). The Morgan fingerprint density at radius 1 is 1.31 bits per heavy atom. The molecule has 0 fully saturated rings. The van der Waals surface area contributed by atoms with Crippen LogP contribution in [0.1, 0.15) is 24.5 Å². The lowest BCUT2D eigenvalue weighted by Crippen LogP contribution is -1.89. The summed E-state index contributed by atoms with van der Waals surface area (Å²) < 4.78 is 5.94. The Hall–Kier alpha value is -1.35. The van der Waals surface area contributed by atoms with Crippen LogP contribution in [0.4, 0.5) is 0 Å². The van der Waals surface area contributed by atoms with Crippen molar-refractivity contribution in [2.45, 2.75) is 26.7 Å². The summed E-state index contributed by atoms with van der Waals surface area (Å²) >= 11 is 5.08. The first-order chi connectivity index (χ1) is 7.61. The minimum atomic E-state index is 0.219. The molecule has 0 aliphatic rings. The van der Waals surface area contributed by atoms with E-state index in [9.17, 15) is 5.11 Å². The fraction of sp³-hybridized carbons (Fsp3) is 0.308. The minimum Gasteiger partial charge on any atom is -0.508 e. The molecule has 16 heavy (non-hydrogen) atoms. The van der Waals surface area contributed by atoms with Gasteiger partial charge in [-0.1, -0.05) is 13.3 Å². The zero-order valence-electron chi connectivity index (χ0n) is 9.41. The third-order valence-corrected chi connectivity index (χ3v) is 2.83. The summed E-state index contributed by atoms with van der Waals surface area (Å²) in [6.45, 7) is 4.11. The summed E-state index contributed by atoms with van der Waals surface area (Å²) in [6.07, 6.45) is 2.04. The highest BCUT2D eigenvalue weighted by molar-refractivity contribution is 7.71. The van der Waals surface area contributed by atoms with Crippen molar-refractivity contribution in [3.63, 3.8) is 0 Å². The van der Waals surface area contributed by atoms with Crippen LogP contribution in [-0.4, -0.2) is 5.11 Å². The first-order valence-electron chi connectivity index (χ1n) is 5.38. The van der Waals surface area contributed by atoms with Crippen molar-refractivity contribution >= 4 is 23.2 Å². The van der Waals surface area contributed by atoms with E-state index in [4.69, 9.17) is 16.6 Å². The molecule has 3 heteroatoms. The average molecular weight is 234 g/mol. The first-order valence-corrected chi connectivity index (χ1v) is 5.79. The van der Waals surface area contributed by atoms with Crippen molar-refractivity contribution in [2.24, 2.45) is 0 Å². The summed E-state index contributed by atoms with van der Waals surface area (Å²) in [5.41, 5.74) is 2.90. The number of hydrogen-bond acceptors (Lipinski definition) is 3. The number of fused-ring (bicyclic) bond motifs is 1. The van der Waals surface area contributed by atoms with Gasteiger partial charge in [0.05, 0.1) is 0 Å². The van der Waals surface area contributed by atoms with Crippen molar-refractivity contribution in [1.82, 2.24) is 0 Å². The van der Waals surface area contributed by atoms with Gasteiger partial charge in [0.15, 0.2) is 4.71 Å². The molecule has 0 radical (unpaired) electrons. The van der Waals surface area contributed by atoms with Gasteiger partial charge in [-0.2, -0.15) is 0 Å². The molecule has 1 aromatic heterocycles. The van der Waals surface area contributed by atoms with Crippen molar-refractivity contribution in [3.05, 3.63) is 34.0 Å². The van der Waals surface area contributed by atoms with Gasteiger partial charge in [-0.25, -0.2) is 0 Å². The number of hydrogen-bond donors (Lipinski definition) is 1. The van der Waals surface area contributed by atoms with Crippen LogP contribution in [0.2, 0.25) is 0 Å². The van der Waals surface area contributed by atoms with Gasteiger partial charge in [0, 0.05) is 11.5 Å². The molecule has 0 unspecified atom stereocenters. The number of rotatable bonds is 2. The lowest BCUT2D eigenvalue weighted by atomic mass is 10.0. The Kier molecular flexibility index (Phi) is 2.97. The molecule has 0 atom stereocenters. The molecule has 0 aliphatic heterocycles. The predicted molar refractivity (Wildman–Crippen MR) is 67.4 cm³/mol. The summed E-state index contributed by atoms with van der Waals surface area (Å²) in [4.78, 5) is 0. The van der Waals surface area contributed by atoms with Crippen molar-refractivity contribution in [1.29, 1.82) is 0 Å². The maximum Gasteiger partial charge on any atom is 0.191 e. The van der Waals surface area contributed by atoms with Crippen LogP contribution in [0.5, 0.6) is 5.75 Å². The Morgan fingerprint density at radius 3 is 2.75 bits per heavy atom. The van der Waals surface area contributed by atoms with E-state index in [2.05, 4.69) is 6.92 Å². The van der Waals surface area contributed by atoms with E-state index in [1.165, 1.54) is 5.56 Å². The lowest BCUT2D eigenvalue weighted by Gasteiger charge is -2.08. The standard InChI is InChI=1S/C13H14O2S/c1-3-4-9-6-12(16)15-11-7-10(14)5-8(2)13(9)11/h5-7,14H,3-4H2,1-2H3. The summed E-state index contributed by atoms with van der Waals surface area (Å²) in [6, 6.07) is 5.28. The molecule has 0 saturated heterocycles. The molecule has 1 aromatic carbocycles. The number of phenols is 1. The van der Waals surface area contributed by atoms with Gasteiger partial charge in [0.2, 0.25) is 0 Å². The van der Waals surface area contributed by atoms with Gasteiger partial charge in [0.25, 0.3) is 0 Å². The molecule has 0 spiro atoms. The molecule has 0 saturated carbocycles. The average Bonchev–Trinajstić information content (AvgIpc) is 2.15. The molecule has 0 amide bonds. The summed E-state index contributed by atoms with van der Waals surface area (Å²) in [7, 11) is 0. The smallest absolute Gasteiger partial charge is 0.191 e. The van der Waals surface area contributed by atoms with E-state index in [1.807, 2.05) is 13.0 Å². The highest BCUT2D eigenvalue weighted by Crippen LogP contribution is 2.28. The topological polar surface area (TPSA) is 33.4 Å². The highest BCUT2D eigenvalue weighted by atomic mass is 32.1. The third-order valence-electron chi connectivity index (χ3n) is 2.63. The first kappa shape index (κ1) is 11.1. The van der Waals surface area contributed by atoms with Crippen LogP contribution in [-0.2, 0) is 6.42 Å². The van der Waals surface area contributed by atoms with E-state index in [-0.39, 0.29) is 5.75 Å². The lowest BCUT2D eigenvalue weighted by molar-refractivity contribution is 0.473. The monoisotopic (exact) mass is 234 g/mol. The summed E-state index contributed by atoms with van der Waals surface area (Å²) in [5.74, 6) is 0.219. The normalized spacial score (nSPS) is 10.9. The van der Waals surface area contributed by atoms with Gasteiger partial charge in [-0.15, -0.1) is 0 Å². The van der Waals surface area contributed by atoms with E-state index in [0.717, 1.165) is 23.8 Å². The zero-order chi connectivity index (χ0) is 11.7. The predicted octanol–water partition coefficient (Wildman–Crippen LogP) is 4.13. The van der Waals surface area contributed by atoms with Gasteiger partial charge in [-0.3, -0.25) is 0 Å². The SMILES string of the molecule is CCCc1cc(=S)oc2cc(O)cc(C)c12. The Bertz CT molecular complexity index is 584. The second-order valence-electron chi connectivity index (χ2n) is 3.98. The molecule has 1 N–H and O–H groups in total. The van der Waals surface area contributed by atoms with E-state index >= 15 is 0 Å². The van der Waals surface area contributed by atoms with Gasteiger partial charge in [0.1, 0.15) is 11.3 Å². The second-order valence-corrected chi connectivity index (χ2v) is 4.38. The maximum absolute atomic E-state index is 9.53. The van der Waals surface area contributed by atoms with Crippen LogP contribution in [0, 0.1) is 11.6 Å². The third kappa shape index (κ3) is 1.95. The van der Waals surface area contributed by atoms with Crippen LogP contribution in [0.3, 0.4) is 0 Å². The number of aromatic hydroxyl groups is 1. The van der Waals surface area contributed by atoms with Crippen molar-refractivity contribution < 1.29 is 9.52 Å². The Labute approximate surface area is 99.5 Å². The van der Waals surface area contributed by atoms with E-state index < -0.39 is 0 Å².